The molecule has 176 valence electrons. The first-order chi connectivity index (χ1) is 15.7. The molecule has 0 bridgehead atoms. The van der Waals surface area contributed by atoms with Crippen LogP contribution in [-0.4, -0.2) is 39.2 Å². The Labute approximate surface area is 195 Å². The molecule has 0 atom stereocenters. The second kappa shape index (κ2) is 8.73. The van der Waals surface area contributed by atoms with Gasteiger partial charge in [-0.25, -0.2) is 0 Å². The van der Waals surface area contributed by atoms with E-state index in [9.17, 15) is 9.59 Å². The molecule has 1 saturated carbocycles. The van der Waals surface area contributed by atoms with Crippen LogP contribution in [0.1, 0.15) is 56.0 Å². The zero-order valence-electron chi connectivity index (χ0n) is 20.1. The Morgan fingerprint density at radius 1 is 0.970 bits per heavy atom. The van der Waals surface area contributed by atoms with Crippen molar-refractivity contribution in [2.24, 2.45) is 10.8 Å². The van der Waals surface area contributed by atoms with Crippen LogP contribution in [0.4, 0.5) is 0 Å². The van der Waals surface area contributed by atoms with E-state index in [1.807, 2.05) is 51.1 Å². The van der Waals surface area contributed by atoms with E-state index in [0.717, 1.165) is 41.5 Å². The van der Waals surface area contributed by atoms with Gasteiger partial charge in [0.25, 0.3) is 0 Å². The van der Waals surface area contributed by atoms with Crippen molar-refractivity contribution in [1.29, 1.82) is 0 Å². The van der Waals surface area contributed by atoms with Gasteiger partial charge in [0.1, 0.15) is 12.0 Å². The van der Waals surface area contributed by atoms with Gasteiger partial charge in [0.2, 0.25) is 5.75 Å². The highest BCUT2D eigenvalue weighted by atomic mass is 16.5. The molecule has 0 saturated heterocycles. The lowest BCUT2D eigenvalue weighted by Crippen LogP contribution is -2.29. The molecule has 0 unspecified atom stereocenters. The fraction of sp³-hybridized carbons (Fsp3) is 0.481. The van der Waals surface area contributed by atoms with Gasteiger partial charge < -0.3 is 18.9 Å². The summed E-state index contributed by atoms with van der Waals surface area (Å²) in [5.41, 5.74) is 2.88. The number of esters is 1. The number of ether oxygens (including phenoxy) is 4. The van der Waals surface area contributed by atoms with Crippen molar-refractivity contribution < 1.29 is 28.5 Å². The highest BCUT2D eigenvalue weighted by molar-refractivity contribution is 6.01. The lowest BCUT2D eigenvalue weighted by Gasteiger charge is -2.23. The van der Waals surface area contributed by atoms with E-state index in [4.69, 9.17) is 18.9 Å². The Balaban J connectivity index is 1.63. The van der Waals surface area contributed by atoms with Gasteiger partial charge in [0.15, 0.2) is 17.3 Å². The molecule has 6 nitrogen and oxygen atoms in total. The normalized spacial score (nSPS) is 16.2. The van der Waals surface area contributed by atoms with Crippen molar-refractivity contribution in [3.8, 4) is 28.4 Å². The van der Waals surface area contributed by atoms with E-state index in [1.165, 1.54) is 0 Å². The number of rotatable bonds is 8. The molecule has 0 spiro atoms. The molecule has 4 rings (SSSR count). The maximum absolute atomic E-state index is 12.8. The first-order valence-electron chi connectivity index (χ1n) is 11.4. The Morgan fingerprint density at radius 3 is 2.33 bits per heavy atom. The third kappa shape index (κ3) is 4.70. The van der Waals surface area contributed by atoms with Crippen LogP contribution < -0.4 is 14.2 Å². The average molecular weight is 453 g/mol. The number of aryl methyl sites for hydroxylation is 1. The SMILES string of the molecule is COc1ccc(-c2ccc3c(c2)CCC3=O)c(OCC2(C(=O)OCC(C)(C)C)CC2)c1OC. The number of hydrogen-bond donors (Lipinski definition) is 0. The van der Waals surface area contributed by atoms with Crippen LogP contribution in [0.2, 0.25) is 0 Å². The molecule has 0 heterocycles. The maximum atomic E-state index is 12.8. The summed E-state index contributed by atoms with van der Waals surface area (Å²) in [5.74, 6) is 1.52. The third-order valence-electron chi connectivity index (χ3n) is 6.25. The smallest absolute Gasteiger partial charge is 0.315 e. The summed E-state index contributed by atoms with van der Waals surface area (Å²) in [7, 11) is 3.15. The molecular weight excluding hydrogens is 420 g/mol. The third-order valence-corrected chi connectivity index (χ3v) is 6.25. The van der Waals surface area contributed by atoms with Gasteiger partial charge in [-0.05, 0) is 47.9 Å². The number of hydrogen-bond acceptors (Lipinski definition) is 6. The molecule has 6 heteroatoms. The summed E-state index contributed by atoms with van der Waals surface area (Å²) in [6.45, 7) is 6.68. The summed E-state index contributed by atoms with van der Waals surface area (Å²) < 4.78 is 23.0. The lowest BCUT2D eigenvalue weighted by molar-refractivity contribution is -0.154. The first kappa shape index (κ1) is 23.1. The number of Topliss-reactive ketones (excluding diaryl/α,β-unsaturated/α-hetero) is 1. The number of ketones is 1. The van der Waals surface area contributed by atoms with E-state index in [1.54, 1.807) is 14.2 Å². The van der Waals surface area contributed by atoms with Crippen LogP contribution in [0.5, 0.6) is 17.2 Å². The van der Waals surface area contributed by atoms with Crippen LogP contribution in [0.15, 0.2) is 30.3 Å². The van der Waals surface area contributed by atoms with Crippen molar-refractivity contribution in [1.82, 2.24) is 0 Å². The fourth-order valence-corrected chi connectivity index (χ4v) is 4.10. The van der Waals surface area contributed by atoms with Crippen molar-refractivity contribution in [3.63, 3.8) is 0 Å². The summed E-state index contributed by atoms with van der Waals surface area (Å²) in [6.07, 6.45) is 2.76. The van der Waals surface area contributed by atoms with Crippen LogP contribution in [0.25, 0.3) is 11.1 Å². The van der Waals surface area contributed by atoms with Gasteiger partial charge in [0, 0.05) is 17.5 Å². The zero-order chi connectivity index (χ0) is 23.8. The Kier molecular flexibility index (Phi) is 6.12. The van der Waals surface area contributed by atoms with Gasteiger partial charge in [-0.15, -0.1) is 0 Å². The highest BCUT2D eigenvalue weighted by Crippen LogP contribution is 2.50. The number of carbonyl (C=O) groups excluding carboxylic acids is 2. The second-order valence-corrected chi connectivity index (χ2v) is 10.2. The molecule has 2 aromatic carbocycles. The zero-order valence-corrected chi connectivity index (χ0v) is 20.1. The fourth-order valence-electron chi connectivity index (χ4n) is 4.10. The van der Waals surface area contributed by atoms with Crippen LogP contribution >= 0.6 is 0 Å². The molecule has 0 aliphatic heterocycles. The average Bonchev–Trinajstić information content (AvgIpc) is 3.50. The molecule has 2 aliphatic carbocycles. The molecule has 2 aromatic rings. The first-order valence-corrected chi connectivity index (χ1v) is 11.4. The van der Waals surface area contributed by atoms with Gasteiger partial charge in [-0.1, -0.05) is 39.0 Å². The van der Waals surface area contributed by atoms with Crippen molar-refractivity contribution in [3.05, 3.63) is 41.5 Å². The van der Waals surface area contributed by atoms with Gasteiger partial charge in [-0.2, -0.15) is 0 Å². The number of fused-ring (bicyclic) bond motifs is 1. The van der Waals surface area contributed by atoms with Gasteiger partial charge in [-0.3, -0.25) is 9.59 Å². The summed E-state index contributed by atoms with van der Waals surface area (Å²) in [6, 6.07) is 9.61. The standard InChI is InChI=1S/C27H32O6/c1-26(2,3)15-33-25(29)27(12-13-27)16-32-23-20(9-11-22(30-4)24(23)31-5)18-6-8-19-17(14-18)7-10-21(19)28/h6,8-9,11,14H,7,10,12-13,15-16H2,1-5H3. The Bertz CT molecular complexity index is 1070. The molecule has 0 aromatic heterocycles. The van der Waals surface area contributed by atoms with Gasteiger partial charge >= 0.3 is 5.97 Å². The Hall–Kier alpha value is -3.02. The van der Waals surface area contributed by atoms with Crippen LogP contribution in [0, 0.1) is 10.8 Å². The van der Waals surface area contributed by atoms with E-state index in [-0.39, 0.29) is 23.8 Å². The highest BCUT2D eigenvalue weighted by Gasteiger charge is 2.52. The van der Waals surface area contributed by atoms with Gasteiger partial charge in [0.05, 0.1) is 20.8 Å². The van der Waals surface area contributed by atoms with E-state index >= 15 is 0 Å². The largest absolute Gasteiger partial charge is 0.493 e. The number of carbonyl (C=O) groups is 2. The molecule has 0 amide bonds. The number of methoxy groups -OCH3 is 2. The van der Waals surface area contributed by atoms with Crippen molar-refractivity contribution in [2.75, 3.05) is 27.4 Å². The van der Waals surface area contributed by atoms with Crippen LogP contribution in [-0.2, 0) is 16.0 Å². The molecule has 0 N–H and O–H groups in total. The minimum Gasteiger partial charge on any atom is -0.493 e. The minimum absolute atomic E-state index is 0.0925. The summed E-state index contributed by atoms with van der Waals surface area (Å²) in [5, 5.41) is 0. The van der Waals surface area contributed by atoms with Crippen molar-refractivity contribution >= 4 is 11.8 Å². The Morgan fingerprint density at radius 2 is 1.70 bits per heavy atom. The molecule has 33 heavy (non-hydrogen) atoms. The quantitative estimate of drug-likeness (QED) is 0.510. The predicted molar refractivity (Wildman–Crippen MR) is 125 cm³/mol. The van der Waals surface area contributed by atoms with E-state index in [2.05, 4.69) is 0 Å². The molecule has 2 aliphatic rings. The van der Waals surface area contributed by atoms with E-state index < -0.39 is 5.41 Å². The maximum Gasteiger partial charge on any atom is 0.315 e. The lowest BCUT2D eigenvalue weighted by atomic mass is 9.98. The van der Waals surface area contributed by atoms with Crippen LogP contribution in [0.3, 0.4) is 0 Å². The molecule has 1 fully saturated rings. The monoisotopic (exact) mass is 452 g/mol. The minimum atomic E-state index is -0.624. The molecule has 0 radical (unpaired) electrons. The topological polar surface area (TPSA) is 71.1 Å². The summed E-state index contributed by atoms with van der Waals surface area (Å²) in [4.78, 5) is 24.9. The number of benzene rings is 2. The second-order valence-electron chi connectivity index (χ2n) is 10.2. The molecular formula is C27H32O6. The predicted octanol–water partition coefficient (Wildman–Crippen LogP) is 5.25. The van der Waals surface area contributed by atoms with E-state index in [0.29, 0.717) is 30.3 Å². The summed E-state index contributed by atoms with van der Waals surface area (Å²) >= 11 is 0. The van der Waals surface area contributed by atoms with Crippen molar-refractivity contribution in [2.45, 2.75) is 46.5 Å².